The third-order valence-electron chi connectivity index (χ3n) is 2.20. The van der Waals surface area contributed by atoms with Crippen LogP contribution >= 0.6 is 0 Å². The van der Waals surface area contributed by atoms with Crippen LogP contribution in [0.2, 0.25) is 0 Å². The summed E-state index contributed by atoms with van der Waals surface area (Å²) in [4.78, 5) is 11.0. The van der Waals surface area contributed by atoms with Crippen molar-refractivity contribution in [3.8, 4) is 5.69 Å². The van der Waals surface area contributed by atoms with Gasteiger partial charge in [0.1, 0.15) is 0 Å². The predicted molar refractivity (Wildman–Crippen MR) is 55.3 cm³/mol. The number of benzene rings is 1. The van der Waals surface area contributed by atoms with Crippen LogP contribution in [-0.4, -0.2) is 20.9 Å². The molecule has 0 bridgehead atoms. The molecule has 0 aliphatic carbocycles. The van der Waals surface area contributed by atoms with Gasteiger partial charge in [0.15, 0.2) is 0 Å². The zero-order chi connectivity index (χ0) is 10.8. The van der Waals surface area contributed by atoms with Gasteiger partial charge in [0.2, 0.25) is 0 Å². The Morgan fingerprint density at radius 3 is 2.80 bits per heavy atom. The standard InChI is InChI=1S/C11H10N2O2/c1-8-4-2-5-9(11(14)15)10(8)13-7-3-6-12-13/h2-7H,1H3,(H,14,15). The van der Waals surface area contributed by atoms with Gasteiger partial charge in [0.25, 0.3) is 0 Å². The molecule has 1 aromatic carbocycles. The van der Waals surface area contributed by atoms with Crippen molar-refractivity contribution in [1.82, 2.24) is 9.78 Å². The fourth-order valence-electron chi connectivity index (χ4n) is 1.54. The molecule has 0 fully saturated rings. The van der Waals surface area contributed by atoms with Crippen LogP contribution in [0.4, 0.5) is 0 Å². The van der Waals surface area contributed by atoms with Gasteiger partial charge in [0, 0.05) is 12.4 Å². The molecular weight excluding hydrogens is 192 g/mol. The van der Waals surface area contributed by atoms with Crippen molar-refractivity contribution in [2.75, 3.05) is 0 Å². The van der Waals surface area contributed by atoms with Crippen molar-refractivity contribution < 1.29 is 9.90 Å². The SMILES string of the molecule is Cc1cccc(C(=O)O)c1-n1cccn1. The molecule has 0 unspecified atom stereocenters. The smallest absolute Gasteiger partial charge is 0.337 e. The second kappa shape index (κ2) is 3.57. The molecule has 4 nitrogen and oxygen atoms in total. The molecule has 76 valence electrons. The Labute approximate surface area is 86.8 Å². The number of aromatic nitrogens is 2. The van der Waals surface area contributed by atoms with Gasteiger partial charge in [-0.2, -0.15) is 5.10 Å². The second-order valence-electron chi connectivity index (χ2n) is 3.23. The Morgan fingerprint density at radius 2 is 2.20 bits per heavy atom. The number of para-hydroxylation sites is 1. The first-order chi connectivity index (χ1) is 7.20. The molecule has 0 atom stereocenters. The molecule has 0 saturated heterocycles. The average molecular weight is 202 g/mol. The molecule has 15 heavy (non-hydrogen) atoms. The van der Waals surface area contributed by atoms with Gasteiger partial charge in [-0.05, 0) is 24.6 Å². The first-order valence-corrected chi connectivity index (χ1v) is 4.53. The summed E-state index contributed by atoms with van der Waals surface area (Å²) in [6.07, 6.45) is 3.35. The van der Waals surface area contributed by atoms with E-state index in [1.54, 1.807) is 35.3 Å². The van der Waals surface area contributed by atoms with E-state index in [0.29, 0.717) is 5.69 Å². The fraction of sp³-hybridized carbons (Fsp3) is 0.0909. The van der Waals surface area contributed by atoms with Crippen molar-refractivity contribution >= 4 is 5.97 Å². The van der Waals surface area contributed by atoms with Gasteiger partial charge in [-0.15, -0.1) is 0 Å². The van der Waals surface area contributed by atoms with E-state index in [-0.39, 0.29) is 5.56 Å². The van der Waals surface area contributed by atoms with E-state index in [0.717, 1.165) is 5.56 Å². The molecule has 0 radical (unpaired) electrons. The molecule has 0 amide bonds. The van der Waals surface area contributed by atoms with E-state index in [9.17, 15) is 4.79 Å². The van der Waals surface area contributed by atoms with E-state index >= 15 is 0 Å². The summed E-state index contributed by atoms with van der Waals surface area (Å²) in [6, 6.07) is 6.93. The van der Waals surface area contributed by atoms with E-state index in [2.05, 4.69) is 5.10 Å². The lowest BCUT2D eigenvalue weighted by molar-refractivity contribution is 0.0696. The highest BCUT2D eigenvalue weighted by Gasteiger charge is 2.13. The van der Waals surface area contributed by atoms with Gasteiger partial charge >= 0.3 is 5.97 Å². The topological polar surface area (TPSA) is 55.1 Å². The van der Waals surface area contributed by atoms with Crippen LogP contribution in [0.1, 0.15) is 15.9 Å². The van der Waals surface area contributed by atoms with E-state index < -0.39 is 5.97 Å². The van der Waals surface area contributed by atoms with E-state index in [1.807, 2.05) is 13.0 Å². The maximum atomic E-state index is 11.0. The first kappa shape index (κ1) is 9.45. The molecule has 1 heterocycles. The van der Waals surface area contributed by atoms with E-state index in [4.69, 9.17) is 5.11 Å². The Morgan fingerprint density at radius 1 is 1.40 bits per heavy atom. The minimum Gasteiger partial charge on any atom is -0.478 e. The minimum atomic E-state index is -0.941. The van der Waals surface area contributed by atoms with Gasteiger partial charge in [-0.3, -0.25) is 0 Å². The molecule has 0 saturated carbocycles. The highest BCUT2D eigenvalue weighted by atomic mass is 16.4. The van der Waals surface area contributed by atoms with Crippen LogP contribution in [0.5, 0.6) is 0 Å². The maximum Gasteiger partial charge on any atom is 0.337 e. The number of rotatable bonds is 2. The summed E-state index contributed by atoms with van der Waals surface area (Å²) < 4.78 is 1.57. The lowest BCUT2D eigenvalue weighted by Gasteiger charge is -2.08. The monoisotopic (exact) mass is 202 g/mol. The summed E-state index contributed by atoms with van der Waals surface area (Å²) >= 11 is 0. The van der Waals surface area contributed by atoms with Crippen LogP contribution in [0.15, 0.2) is 36.7 Å². The molecule has 2 aromatic rings. The number of carbonyl (C=O) groups is 1. The Hall–Kier alpha value is -2.10. The van der Waals surface area contributed by atoms with Crippen molar-refractivity contribution in [1.29, 1.82) is 0 Å². The van der Waals surface area contributed by atoms with Crippen LogP contribution in [0.3, 0.4) is 0 Å². The van der Waals surface area contributed by atoms with Crippen LogP contribution in [-0.2, 0) is 0 Å². The first-order valence-electron chi connectivity index (χ1n) is 4.53. The zero-order valence-corrected chi connectivity index (χ0v) is 8.21. The molecule has 4 heteroatoms. The number of nitrogens with zero attached hydrogens (tertiary/aromatic N) is 2. The Kier molecular flexibility index (Phi) is 2.25. The lowest BCUT2D eigenvalue weighted by atomic mass is 10.1. The van der Waals surface area contributed by atoms with Crippen molar-refractivity contribution in [3.63, 3.8) is 0 Å². The van der Waals surface area contributed by atoms with E-state index in [1.165, 1.54) is 0 Å². The van der Waals surface area contributed by atoms with Crippen molar-refractivity contribution in [2.45, 2.75) is 6.92 Å². The Bertz CT molecular complexity index is 489. The summed E-state index contributed by atoms with van der Waals surface area (Å²) in [7, 11) is 0. The van der Waals surface area contributed by atoms with Crippen LogP contribution in [0, 0.1) is 6.92 Å². The van der Waals surface area contributed by atoms with Crippen molar-refractivity contribution in [2.24, 2.45) is 0 Å². The summed E-state index contributed by atoms with van der Waals surface area (Å²) in [6.45, 7) is 1.86. The number of carboxylic acid groups (broad SMARTS) is 1. The van der Waals surface area contributed by atoms with Gasteiger partial charge < -0.3 is 5.11 Å². The molecule has 1 N–H and O–H groups in total. The van der Waals surface area contributed by atoms with Crippen LogP contribution in [0.25, 0.3) is 5.69 Å². The second-order valence-corrected chi connectivity index (χ2v) is 3.23. The van der Waals surface area contributed by atoms with Crippen molar-refractivity contribution in [3.05, 3.63) is 47.8 Å². The lowest BCUT2D eigenvalue weighted by Crippen LogP contribution is -2.07. The molecular formula is C11H10N2O2. The zero-order valence-electron chi connectivity index (χ0n) is 8.21. The van der Waals surface area contributed by atoms with Gasteiger partial charge in [-0.1, -0.05) is 12.1 Å². The average Bonchev–Trinajstić information content (AvgIpc) is 2.70. The van der Waals surface area contributed by atoms with Gasteiger partial charge in [0.05, 0.1) is 11.3 Å². The largest absolute Gasteiger partial charge is 0.478 e. The number of hydrogen-bond acceptors (Lipinski definition) is 2. The predicted octanol–water partition coefficient (Wildman–Crippen LogP) is 1.88. The molecule has 0 aliphatic heterocycles. The summed E-state index contributed by atoms with van der Waals surface area (Å²) in [5.74, 6) is -0.941. The Balaban J connectivity index is 2.68. The number of carboxylic acids is 1. The van der Waals surface area contributed by atoms with Crippen LogP contribution < -0.4 is 0 Å². The normalized spacial score (nSPS) is 10.2. The maximum absolute atomic E-state index is 11.0. The quantitative estimate of drug-likeness (QED) is 0.808. The molecule has 0 spiro atoms. The number of aryl methyl sites for hydroxylation is 1. The highest BCUT2D eigenvalue weighted by molar-refractivity contribution is 5.92. The molecule has 1 aromatic heterocycles. The van der Waals surface area contributed by atoms with Gasteiger partial charge in [-0.25, -0.2) is 9.48 Å². The summed E-state index contributed by atoms with van der Waals surface area (Å²) in [5, 5.41) is 13.1. The number of hydrogen-bond donors (Lipinski definition) is 1. The number of aromatic carboxylic acids is 1. The minimum absolute atomic E-state index is 0.263. The highest BCUT2D eigenvalue weighted by Crippen LogP contribution is 2.18. The third kappa shape index (κ3) is 1.61. The molecule has 0 aliphatic rings. The molecule has 2 rings (SSSR count). The third-order valence-corrected chi connectivity index (χ3v) is 2.20. The fourth-order valence-corrected chi connectivity index (χ4v) is 1.54. The summed E-state index contributed by atoms with van der Waals surface area (Å²) in [5.41, 5.74) is 1.77.